The summed E-state index contributed by atoms with van der Waals surface area (Å²) >= 11 is 0. The van der Waals surface area contributed by atoms with Gasteiger partial charge in [0.2, 0.25) is 0 Å². The molecule has 1 aliphatic rings. The Morgan fingerprint density at radius 1 is 1.29 bits per heavy atom. The van der Waals surface area contributed by atoms with Crippen molar-refractivity contribution in [2.24, 2.45) is 11.8 Å². The van der Waals surface area contributed by atoms with Crippen molar-refractivity contribution in [1.29, 1.82) is 0 Å². The molecule has 0 radical (unpaired) electrons. The Balaban J connectivity index is 2.39. The van der Waals surface area contributed by atoms with Crippen LogP contribution in [0, 0.1) is 11.8 Å². The second-order valence-corrected chi connectivity index (χ2v) is 5.49. The quantitative estimate of drug-likeness (QED) is 0.746. The summed E-state index contributed by atoms with van der Waals surface area (Å²) in [5, 5.41) is 3.67. The molecule has 1 aliphatic heterocycles. The van der Waals surface area contributed by atoms with Crippen LogP contribution < -0.4 is 5.32 Å². The van der Waals surface area contributed by atoms with Crippen LogP contribution in [0.25, 0.3) is 0 Å². The van der Waals surface area contributed by atoms with E-state index in [0.29, 0.717) is 6.04 Å². The standard InChI is InChI=1S/C12H26N2/c1-9(2)6-11-8-14(5)12(7-13-11)10(3)4/h9-13H,6-8H2,1-5H3. The van der Waals surface area contributed by atoms with Crippen molar-refractivity contribution >= 4 is 0 Å². The van der Waals surface area contributed by atoms with E-state index in [4.69, 9.17) is 0 Å². The molecule has 0 amide bonds. The largest absolute Gasteiger partial charge is 0.311 e. The molecule has 84 valence electrons. The van der Waals surface area contributed by atoms with E-state index in [1.54, 1.807) is 0 Å². The summed E-state index contributed by atoms with van der Waals surface area (Å²) < 4.78 is 0. The maximum absolute atomic E-state index is 3.67. The maximum Gasteiger partial charge on any atom is 0.0241 e. The molecule has 0 aliphatic carbocycles. The van der Waals surface area contributed by atoms with E-state index in [1.165, 1.54) is 13.0 Å². The van der Waals surface area contributed by atoms with Crippen LogP contribution in [-0.2, 0) is 0 Å². The highest BCUT2D eigenvalue weighted by atomic mass is 15.2. The van der Waals surface area contributed by atoms with Gasteiger partial charge >= 0.3 is 0 Å². The van der Waals surface area contributed by atoms with E-state index in [9.17, 15) is 0 Å². The van der Waals surface area contributed by atoms with E-state index in [1.807, 2.05) is 0 Å². The van der Waals surface area contributed by atoms with Gasteiger partial charge in [-0.05, 0) is 25.3 Å². The number of nitrogens with one attached hydrogen (secondary N) is 1. The van der Waals surface area contributed by atoms with Gasteiger partial charge in [-0.3, -0.25) is 0 Å². The second kappa shape index (κ2) is 5.13. The van der Waals surface area contributed by atoms with E-state index in [-0.39, 0.29) is 0 Å². The molecule has 1 saturated heterocycles. The number of rotatable bonds is 3. The summed E-state index contributed by atoms with van der Waals surface area (Å²) in [4.78, 5) is 2.52. The average molecular weight is 198 g/mol. The zero-order valence-corrected chi connectivity index (χ0v) is 10.4. The van der Waals surface area contributed by atoms with Gasteiger partial charge in [0.15, 0.2) is 0 Å². The lowest BCUT2D eigenvalue weighted by molar-refractivity contribution is 0.120. The lowest BCUT2D eigenvalue weighted by Crippen LogP contribution is -2.56. The third-order valence-corrected chi connectivity index (χ3v) is 3.22. The van der Waals surface area contributed by atoms with E-state index in [2.05, 4.69) is 45.0 Å². The highest BCUT2D eigenvalue weighted by Crippen LogP contribution is 2.16. The molecule has 0 aromatic heterocycles. The predicted octanol–water partition coefficient (Wildman–Crippen LogP) is 1.96. The zero-order valence-electron chi connectivity index (χ0n) is 10.4. The molecule has 0 aromatic rings. The van der Waals surface area contributed by atoms with Crippen molar-refractivity contribution in [3.05, 3.63) is 0 Å². The number of piperazine rings is 1. The fraction of sp³-hybridized carbons (Fsp3) is 1.00. The monoisotopic (exact) mass is 198 g/mol. The first-order valence-corrected chi connectivity index (χ1v) is 5.94. The number of hydrogen-bond acceptors (Lipinski definition) is 2. The summed E-state index contributed by atoms with van der Waals surface area (Å²) in [5.74, 6) is 1.56. The van der Waals surface area contributed by atoms with Crippen molar-refractivity contribution in [3.8, 4) is 0 Å². The van der Waals surface area contributed by atoms with Crippen molar-refractivity contribution in [2.75, 3.05) is 20.1 Å². The number of hydrogen-bond donors (Lipinski definition) is 1. The average Bonchev–Trinajstić information content (AvgIpc) is 2.01. The maximum atomic E-state index is 3.67. The number of likely N-dealkylation sites (N-methyl/N-ethyl adjacent to an activating group) is 1. The smallest absolute Gasteiger partial charge is 0.0241 e. The lowest BCUT2D eigenvalue weighted by atomic mass is 9.96. The SMILES string of the molecule is CC(C)CC1CN(C)C(C(C)C)CN1. The van der Waals surface area contributed by atoms with Gasteiger partial charge in [0.25, 0.3) is 0 Å². The molecule has 1 rings (SSSR count). The van der Waals surface area contributed by atoms with Crippen molar-refractivity contribution < 1.29 is 0 Å². The first kappa shape index (κ1) is 12.0. The molecule has 2 unspecified atom stereocenters. The summed E-state index contributed by atoms with van der Waals surface area (Å²) in [6, 6.07) is 1.42. The van der Waals surface area contributed by atoms with Gasteiger partial charge in [-0.2, -0.15) is 0 Å². The molecular formula is C12H26N2. The van der Waals surface area contributed by atoms with Crippen LogP contribution in [0.1, 0.15) is 34.1 Å². The Morgan fingerprint density at radius 2 is 1.93 bits per heavy atom. The Hall–Kier alpha value is -0.0800. The highest BCUT2D eigenvalue weighted by Gasteiger charge is 2.27. The van der Waals surface area contributed by atoms with Gasteiger partial charge < -0.3 is 10.2 Å². The van der Waals surface area contributed by atoms with Crippen LogP contribution in [-0.4, -0.2) is 37.1 Å². The molecule has 14 heavy (non-hydrogen) atoms. The topological polar surface area (TPSA) is 15.3 Å². The van der Waals surface area contributed by atoms with Gasteiger partial charge in [0.1, 0.15) is 0 Å². The van der Waals surface area contributed by atoms with Crippen molar-refractivity contribution in [2.45, 2.75) is 46.2 Å². The molecule has 2 heteroatoms. The molecule has 1 N–H and O–H groups in total. The normalized spacial score (nSPS) is 30.2. The molecule has 0 bridgehead atoms. The third kappa shape index (κ3) is 3.25. The van der Waals surface area contributed by atoms with Gasteiger partial charge in [0.05, 0.1) is 0 Å². The summed E-state index contributed by atoms with van der Waals surface area (Å²) in [6.07, 6.45) is 1.30. The van der Waals surface area contributed by atoms with Gasteiger partial charge in [0, 0.05) is 25.2 Å². The van der Waals surface area contributed by atoms with Crippen LogP contribution in [0.4, 0.5) is 0 Å². The Kier molecular flexibility index (Phi) is 4.39. The van der Waals surface area contributed by atoms with Crippen LogP contribution in [0.3, 0.4) is 0 Å². The molecular weight excluding hydrogens is 172 g/mol. The molecule has 2 nitrogen and oxygen atoms in total. The van der Waals surface area contributed by atoms with Gasteiger partial charge in [-0.1, -0.05) is 27.7 Å². The van der Waals surface area contributed by atoms with Crippen LogP contribution >= 0.6 is 0 Å². The minimum absolute atomic E-state index is 0.704. The minimum Gasteiger partial charge on any atom is -0.311 e. The van der Waals surface area contributed by atoms with E-state index < -0.39 is 0 Å². The zero-order chi connectivity index (χ0) is 10.7. The highest BCUT2D eigenvalue weighted by molar-refractivity contribution is 4.86. The Labute approximate surface area is 89.1 Å². The van der Waals surface area contributed by atoms with Crippen LogP contribution in [0.15, 0.2) is 0 Å². The van der Waals surface area contributed by atoms with Gasteiger partial charge in [-0.25, -0.2) is 0 Å². The van der Waals surface area contributed by atoms with Crippen molar-refractivity contribution in [3.63, 3.8) is 0 Å². The molecule has 0 saturated carbocycles. The second-order valence-electron chi connectivity index (χ2n) is 5.49. The molecule has 2 atom stereocenters. The predicted molar refractivity (Wildman–Crippen MR) is 62.5 cm³/mol. The summed E-state index contributed by atoms with van der Waals surface area (Å²) in [6.45, 7) is 11.6. The van der Waals surface area contributed by atoms with Gasteiger partial charge in [-0.15, -0.1) is 0 Å². The fourth-order valence-corrected chi connectivity index (χ4v) is 2.46. The fourth-order valence-electron chi connectivity index (χ4n) is 2.46. The Bertz CT molecular complexity index is 166. The lowest BCUT2D eigenvalue weighted by Gasteiger charge is -2.40. The molecule has 1 fully saturated rings. The molecule has 1 heterocycles. The third-order valence-electron chi connectivity index (χ3n) is 3.22. The summed E-state index contributed by atoms with van der Waals surface area (Å²) in [5.41, 5.74) is 0. The first-order chi connectivity index (χ1) is 6.50. The Morgan fingerprint density at radius 3 is 2.36 bits per heavy atom. The minimum atomic E-state index is 0.704. The van der Waals surface area contributed by atoms with Crippen molar-refractivity contribution in [1.82, 2.24) is 10.2 Å². The first-order valence-electron chi connectivity index (χ1n) is 5.94. The summed E-state index contributed by atoms with van der Waals surface area (Å²) in [7, 11) is 2.26. The molecule has 0 aromatic carbocycles. The van der Waals surface area contributed by atoms with E-state index in [0.717, 1.165) is 24.4 Å². The van der Waals surface area contributed by atoms with Crippen LogP contribution in [0.5, 0.6) is 0 Å². The van der Waals surface area contributed by atoms with E-state index >= 15 is 0 Å². The number of nitrogens with zero attached hydrogens (tertiary/aromatic N) is 1. The molecule has 0 spiro atoms. The van der Waals surface area contributed by atoms with Crippen LogP contribution in [0.2, 0.25) is 0 Å².